The van der Waals surface area contributed by atoms with Gasteiger partial charge in [-0.3, -0.25) is 9.59 Å². The van der Waals surface area contributed by atoms with Gasteiger partial charge >= 0.3 is 0 Å². The van der Waals surface area contributed by atoms with Gasteiger partial charge in [0.1, 0.15) is 0 Å². The smallest absolute Gasteiger partial charge is 0.237 e. The van der Waals surface area contributed by atoms with E-state index in [-0.39, 0.29) is 36.7 Å². The van der Waals surface area contributed by atoms with Crippen LogP contribution in [0.3, 0.4) is 0 Å². The molecule has 1 aliphatic carbocycles. The molecule has 1 saturated carbocycles. The van der Waals surface area contributed by atoms with Gasteiger partial charge in [0.25, 0.3) is 0 Å². The van der Waals surface area contributed by atoms with Crippen LogP contribution >= 0.6 is 12.4 Å². The van der Waals surface area contributed by atoms with E-state index in [4.69, 9.17) is 0 Å². The first-order valence-corrected chi connectivity index (χ1v) is 5.06. The van der Waals surface area contributed by atoms with Gasteiger partial charge in [0.15, 0.2) is 0 Å². The molecule has 0 aromatic rings. The van der Waals surface area contributed by atoms with Crippen molar-refractivity contribution in [3.05, 3.63) is 0 Å². The highest BCUT2D eigenvalue weighted by Crippen LogP contribution is 2.18. The van der Waals surface area contributed by atoms with E-state index < -0.39 is 0 Å². The number of hydrogen-bond acceptors (Lipinski definition) is 3. The fourth-order valence-electron chi connectivity index (χ4n) is 1.51. The van der Waals surface area contributed by atoms with Crippen LogP contribution in [0.4, 0.5) is 0 Å². The summed E-state index contributed by atoms with van der Waals surface area (Å²) in [5.41, 5.74) is 0. The highest BCUT2D eigenvalue weighted by atomic mass is 35.5. The summed E-state index contributed by atoms with van der Waals surface area (Å²) in [5, 5.41) is 8.61. The molecule has 0 radical (unpaired) electrons. The molecule has 0 bridgehead atoms. The molecule has 3 N–H and O–H groups in total. The van der Waals surface area contributed by atoms with E-state index >= 15 is 0 Å². The second kappa shape index (κ2) is 5.32. The number of carbonyl (C=O) groups excluding carboxylic acids is 2. The Morgan fingerprint density at radius 1 is 1.40 bits per heavy atom. The summed E-state index contributed by atoms with van der Waals surface area (Å²) in [4.78, 5) is 22.7. The monoisotopic (exact) mass is 233 g/mol. The van der Waals surface area contributed by atoms with Gasteiger partial charge in [-0.15, -0.1) is 12.4 Å². The normalized spacial score (nSPS) is 25.1. The first-order valence-electron chi connectivity index (χ1n) is 5.06. The number of halogens is 1. The van der Waals surface area contributed by atoms with Crippen molar-refractivity contribution in [3.63, 3.8) is 0 Å². The number of rotatable bonds is 3. The van der Waals surface area contributed by atoms with Crippen LogP contribution in [-0.2, 0) is 9.59 Å². The average Bonchev–Trinajstić information content (AvgIpc) is 2.93. The number of nitrogens with one attached hydrogen (secondary N) is 3. The zero-order valence-electron chi connectivity index (χ0n) is 8.41. The lowest BCUT2D eigenvalue weighted by molar-refractivity contribution is -0.129. The summed E-state index contributed by atoms with van der Waals surface area (Å²) in [6, 6.07) is 0.0247. The van der Waals surface area contributed by atoms with Gasteiger partial charge in [-0.2, -0.15) is 0 Å². The van der Waals surface area contributed by atoms with Crippen molar-refractivity contribution in [2.24, 2.45) is 0 Å². The van der Waals surface area contributed by atoms with Gasteiger partial charge in [0.05, 0.1) is 12.5 Å². The van der Waals surface area contributed by atoms with E-state index in [1.807, 2.05) is 0 Å². The van der Waals surface area contributed by atoms with Crippen LogP contribution in [0, 0.1) is 0 Å². The van der Waals surface area contributed by atoms with Crippen molar-refractivity contribution >= 4 is 24.2 Å². The number of carbonyl (C=O) groups is 2. The fourth-order valence-corrected chi connectivity index (χ4v) is 1.51. The third kappa shape index (κ3) is 3.68. The third-order valence-corrected chi connectivity index (χ3v) is 2.46. The van der Waals surface area contributed by atoms with Crippen molar-refractivity contribution in [1.82, 2.24) is 16.0 Å². The van der Waals surface area contributed by atoms with Gasteiger partial charge in [0, 0.05) is 19.1 Å². The molecule has 0 aromatic carbocycles. The predicted molar refractivity (Wildman–Crippen MR) is 57.8 cm³/mol. The van der Waals surface area contributed by atoms with E-state index in [9.17, 15) is 9.59 Å². The van der Waals surface area contributed by atoms with Crippen molar-refractivity contribution < 1.29 is 9.59 Å². The Labute approximate surface area is 94.8 Å². The van der Waals surface area contributed by atoms with Crippen LogP contribution < -0.4 is 16.0 Å². The van der Waals surface area contributed by atoms with E-state index in [1.165, 1.54) is 0 Å². The lowest BCUT2D eigenvalue weighted by Crippen LogP contribution is -2.54. The maximum atomic E-state index is 11.4. The Hall–Kier alpha value is -0.810. The highest BCUT2D eigenvalue weighted by molar-refractivity contribution is 5.88. The second-order valence-corrected chi connectivity index (χ2v) is 3.84. The van der Waals surface area contributed by atoms with Crippen LogP contribution in [0.25, 0.3) is 0 Å². The molecular weight excluding hydrogens is 218 g/mol. The van der Waals surface area contributed by atoms with Crippen LogP contribution in [0.2, 0.25) is 0 Å². The number of piperazine rings is 1. The molecule has 5 nitrogen and oxygen atoms in total. The number of hydrogen-bond donors (Lipinski definition) is 3. The SMILES string of the molecule is Cl.O=C(CC1NCCNC1=O)NC1CC1. The van der Waals surface area contributed by atoms with Crippen LogP contribution in [0.5, 0.6) is 0 Å². The Morgan fingerprint density at radius 3 is 2.73 bits per heavy atom. The molecule has 1 unspecified atom stereocenters. The lowest BCUT2D eigenvalue weighted by Gasteiger charge is -2.22. The molecule has 15 heavy (non-hydrogen) atoms. The first kappa shape index (κ1) is 12.3. The molecule has 1 aliphatic heterocycles. The fraction of sp³-hybridized carbons (Fsp3) is 0.778. The molecule has 2 aliphatic rings. The summed E-state index contributed by atoms with van der Waals surface area (Å²) in [7, 11) is 0. The minimum absolute atomic E-state index is 0. The molecule has 6 heteroatoms. The van der Waals surface area contributed by atoms with Gasteiger partial charge in [-0.05, 0) is 12.8 Å². The Bertz CT molecular complexity index is 256. The molecule has 0 aromatic heterocycles. The molecule has 2 rings (SSSR count). The molecule has 2 amide bonds. The van der Waals surface area contributed by atoms with E-state index in [0.29, 0.717) is 12.6 Å². The topological polar surface area (TPSA) is 70.2 Å². The molecule has 86 valence electrons. The number of amides is 2. The van der Waals surface area contributed by atoms with Crippen molar-refractivity contribution in [2.75, 3.05) is 13.1 Å². The standard InChI is InChI=1S/C9H15N3O2.ClH/c13-8(12-6-1-2-6)5-7-9(14)11-4-3-10-7;/h6-7,10H,1-5H2,(H,11,14)(H,12,13);1H. The van der Waals surface area contributed by atoms with Crippen LogP contribution in [0.15, 0.2) is 0 Å². The van der Waals surface area contributed by atoms with Gasteiger partial charge in [-0.25, -0.2) is 0 Å². The summed E-state index contributed by atoms with van der Waals surface area (Å²) in [6.07, 6.45) is 2.41. The van der Waals surface area contributed by atoms with Gasteiger partial charge in [-0.1, -0.05) is 0 Å². The zero-order valence-corrected chi connectivity index (χ0v) is 9.23. The molecule has 0 spiro atoms. The summed E-state index contributed by atoms with van der Waals surface area (Å²) in [5.74, 6) is -0.0933. The van der Waals surface area contributed by atoms with Crippen LogP contribution in [0.1, 0.15) is 19.3 Å². The largest absolute Gasteiger partial charge is 0.353 e. The third-order valence-electron chi connectivity index (χ3n) is 2.46. The van der Waals surface area contributed by atoms with Gasteiger partial charge < -0.3 is 16.0 Å². The van der Waals surface area contributed by atoms with E-state index in [0.717, 1.165) is 19.4 Å². The first-order chi connectivity index (χ1) is 6.75. The maximum Gasteiger partial charge on any atom is 0.237 e. The zero-order chi connectivity index (χ0) is 9.97. The minimum atomic E-state index is -0.345. The Kier molecular flexibility index (Phi) is 4.35. The van der Waals surface area contributed by atoms with Crippen molar-refractivity contribution in [2.45, 2.75) is 31.3 Å². The minimum Gasteiger partial charge on any atom is -0.353 e. The van der Waals surface area contributed by atoms with Crippen molar-refractivity contribution in [1.29, 1.82) is 0 Å². The second-order valence-electron chi connectivity index (χ2n) is 3.84. The summed E-state index contributed by atoms with van der Waals surface area (Å²) in [6.45, 7) is 1.40. The molecular formula is C9H16ClN3O2. The lowest BCUT2D eigenvalue weighted by atomic mass is 10.1. The van der Waals surface area contributed by atoms with E-state index in [2.05, 4.69) is 16.0 Å². The van der Waals surface area contributed by atoms with Crippen molar-refractivity contribution in [3.8, 4) is 0 Å². The van der Waals surface area contributed by atoms with Gasteiger partial charge in [0.2, 0.25) is 11.8 Å². The molecule has 2 fully saturated rings. The average molecular weight is 234 g/mol. The van der Waals surface area contributed by atoms with Crippen LogP contribution in [-0.4, -0.2) is 37.0 Å². The summed E-state index contributed by atoms with van der Waals surface area (Å²) >= 11 is 0. The highest BCUT2D eigenvalue weighted by Gasteiger charge is 2.27. The predicted octanol–water partition coefficient (Wildman–Crippen LogP) is -0.835. The molecule has 1 atom stereocenters. The Balaban J connectivity index is 0.00000112. The van der Waals surface area contributed by atoms with E-state index in [1.54, 1.807) is 0 Å². The quantitative estimate of drug-likeness (QED) is 0.596. The molecule has 1 saturated heterocycles. The summed E-state index contributed by atoms with van der Waals surface area (Å²) < 4.78 is 0. The maximum absolute atomic E-state index is 11.4. The molecule has 1 heterocycles. The Morgan fingerprint density at radius 2 is 2.13 bits per heavy atom.